The summed E-state index contributed by atoms with van der Waals surface area (Å²) in [6, 6.07) is -0.140. The first-order valence-corrected chi connectivity index (χ1v) is 7.82. The number of hydrogen-bond donors (Lipinski definition) is 2. The maximum atomic E-state index is 12.1. The van der Waals surface area contributed by atoms with E-state index in [2.05, 4.69) is 5.32 Å². The highest BCUT2D eigenvalue weighted by Crippen LogP contribution is 2.34. The van der Waals surface area contributed by atoms with Crippen molar-refractivity contribution in [1.82, 2.24) is 10.2 Å². The van der Waals surface area contributed by atoms with Crippen molar-refractivity contribution in [3.05, 3.63) is 0 Å². The fraction of sp³-hybridized carbons (Fsp3) is 0.867. The van der Waals surface area contributed by atoms with Gasteiger partial charge in [-0.05, 0) is 26.2 Å². The van der Waals surface area contributed by atoms with Crippen LogP contribution < -0.4 is 5.32 Å². The van der Waals surface area contributed by atoms with Crippen LogP contribution in [0.4, 0.5) is 4.79 Å². The van der Waals surface area contributed by atoms with Crippen LogP contribution in [0, 0.1) is 5.41 Å². The minimum Gasteiger partial charge on any atom is -0.481 e. The number of hydrogen-bond acceptors (Lipinski definition) is 2. The zero-order valence-electron chi connectivity index (χ0n) is 12.8. The SMILES string of the molecule is CCCN(CC)C(=O)NCC1(C(=O)O)CCCCCC1. The minimum absolute atomic E-state index is 0.140. The van der Waals surface area contributed by atoms with E-state index in [4.69, 9.17) is 0 Å². The van der Waals surface area contributed by atoms with Crippen LogP contribution in [-0.2, 0) is 4.79 Å². The van der Waals surface area contributed by atoms with Crippen molar-refractivity contribution in [3.63, 3.8) is 0 Å². The van der Waals surface area contributed by atoms with Crippen molar-refractivity contribution >= 4 is 12.0 Å². The first-order chi connectivity index (χ1) is 9.55. The van der Waals surface area contributed by atoms with E-state index in [1.54, 1.807) is 4.90 Å². The standard InChI is InChI=1S/C15H28N2O3/c1-3-11-17(4-2)14(20)16-12-15(13(18)19)9-7-5-6-8-10-15/h3-12H2,1-2H3,(H,16,20)(H,18,19). The van der Waals surface area contributed by atoms with Crippen LogP contribution in [0.15, 0.2) is 0 Å². The summed E-state index contributed by atoms with van der Waals surface area (Å²) in [7, 11) is 0. The lowest BCUT2D eigenvalue weighted by molar-refractivity contribution is -0.149. The molecule has 0 aliphatic heterocycles. The molecule has 0 saturated heterocycles. The minimum atomic E-state index is -0.766. The lowest BCUT2D eigenvalue weighted by Crippen LogP contribution is -2.47. The monoisotopic (exact) mass is 284 g/mol. The highest BCUT2D eigenvalue weighted by atomic mass is 16.4. The molecule has 2 amide bonds. The van der Waals surface area contributed by atoms with Crippen molar-refractivity contribution in [2.75, 3.05) is 19.6 Å². The number of carbonyl (C=O) groups is 2. The molecule has 2 N–H and O–H groups in total. The van der Waals surface area contributed by atoms with Gasteiger partial charge in [-0.25, -0.2) is 4.79 Å². The quantitative estimate of drug-likeness (QED) is 0.737. The summed E-state index contributed by atoms with van der Waals surface area (Å²) in [6.07, 6.45) is 6.32. The third-order valence-electron chi connectivity index (χ3n) is 4.25. The van der Waals surface area contributed by atoms with Crippen LogP contribution >= 0.6 is 0 Å². The Balaban J connectivity index is 2.62. The van der Waals surface area contributed by atoms with Gasteiger partial charge in [0.1, 0.15) is 0 Å². The summed E-state index contributed by atoms with van der Waals surface area (Å²) in [5.41, 5.74) is -0.766. The molecule has 1 saturated carbocycles. The van der Waals surface area contributed by atoms with Crippen LogP contribution in [-0.4, -0.2) is 41.6 Å². The Morgan fingerprint density at radius 3 is 2.20 bits per heavy atom. The van der Waals surface area contributed by atoms with Gasteiger partial charge in [-0.3, -0.25) is 4.79 Å². The molecular formula is C15H28N2O3. The topological polar surface area (TPSA) is 69.6 Å². The average Bonchev–Trinajstić information content (AvgIpc) is 2.68. The van der Waals surface area contributed by atoms with E-state index in [1.165, 1.54) is 0 Å². The maximum Gasteiger partial charge on any atom is 0.317 e. The van der Waals surface area contributed by atoms with Crippen molar-refractivity contribution < 1.29 is 14.7 Å². The molecule has 116 valence electrons. The predicted octanol–water partition coefficient (Wildman–Crippen LogP) is 2.85. The molecule has 0 aromatic carbocycles. The third kappa shape index (κ3) is 4.39. The van der Waals surface area contributed by atoms with E-state index in [-0.39, 0.29) is 12.6 Å². The zero-order valence-corrected chi connectivity index (χ0v) is 12.8. The Morgan fingerprint density at radius 1 is 1.15 bits per heavy atom. The summed E-state index contributed by atoms with van der Waals surface area (Å²) in [5, 5.41) is 12.4. The molecule has 0 radical (unpaired) electrons. The first-order valence-electron chi connectivity index (χ1n) is 7.82. The molecule has 1 aliphatic carbocycles. The van der Waals surface area contributed by atoms with Gasteiger partial charge in [0.2, 0.25) is 0 Å². The fourth-order valence-corrected chi connectivity index (χ4v) is 2.90. The summed E-state index contributed by atoms with van der Waals surface area (Å²) in [5.74, 6) is -0.766. The average molecular weight is 284 g/mol. The van der Waals surface area contributed by atoms with Crippen LogP contribution in [0.5, 0.6) is 0 Å². The van der Waals surface area contributed by atoms with E-state index in [0.29, 0.717) is 25.9 Å². The Bertz CT molecular complexity index is 323. The van der Waals surface area contributed by atoms with Gasteiger partial charge in [0.15, 0.2) is 0 Å². The normalized spacial score (nSPS) is 18.1. The second-order valence-electron chi connectivity index (χ2n) is 5.74. The van der Waals surface area contributed by atoms with E-state index >= 15 is 0 Å². The number of carbonyl (C=O) groups excluding carboxylic acids is 1. The highest BCUT2D eigenvalue weighted by Gasteiger charge is 2.39. The van der Waals surface area contributed by atoms with Gasteiger partial charge in [0.05, 0.1) is 5.41 Å². The number of nitrogens with zero attached hydrogens (tertiary/aromatic N) is 1. The molecular weight excluding hydrogens is 256 g/mol. The van der Waals surface area contributed by atoms with E-state index in [1.807, 2.05) is 13.8 Å². The predicted molar refractivity (Wildman–Crippen MR) is 78.7 cm³/mol. The van der Waals surface area contributed by atoms with Crippen molar-refractivity contribution in [2.45, 2.75) is 58.8 Å². The van der Waals surface area contributed by atoms with Crippen molar-refractivity contribution in [1.29, 1.82) is 0 Å². The molecule has 0 heterocycles. The summed E-state index contributed by atoms with van der Waals surface area (Å²) in [6.45, 7) is 5.58. The van der Waals surface area contributed by atoms with E-state index < -0.39 is 11.4 Å². The number of nitrogens with one attached hydrogen (secondary N) is 1. The van der Waals surface area contributed by atoms with Gasteiger partial charge < -0.3 is 15.3 Å². The highest BCUT2D eigenvalue weighted by molar-refractivity contribution is 5.78. The molecule has 0 atom stereocenters. The molecule has 5 nitrogen and oxygen atoms in total. The third-order valence-corrected chi connectivity index (χ3v) is 4.25. The lowest BCUT2D eigenvalue weighted by Gasteiger charge is -2.30. The van der Waals surface area contributed by atoms with E-state index in [9.17, 15) is 14.7 Å². The Labute approximate surface area is 121 Å². The number of amides is 2. The van der Waals surface area contributed by atoms with Gasteiger partial charge in [-0.2, -0.15) is 0 Å². The van der Waals surface area contributed by atoms with Gasteiger partial charge in [-0.1, -0.05) is 32.6 Å². The lowest BCUT2D eigenvalue weighted by atomic mass is 9.80. The van der Waals surface area contributed by atoms with Crippen molar-refractivity contribution in [2.24, 2.45) is 5.41 Å². The number of carboxylic acid groups (broad SMARTS) is 1. The van der Waals surface area contributed by atoms with Gasteiger partial charge >= 0.3 is 12.0 Å². The van der Waals surface area contributed by atoms with Crippen LogP contribution in [0.2, 0.25) is 0 Å². The fourth-order valence-electron chi connectivity index (χ4n) is 2.90. The second kappa shape index (κ2) is 8.12. The summed E-state index contributed by atoms with van der Waals surface area (Å²) in [4.78, 5) is 25.4. The Kier molecular flexibility index (Phi) is 6.82. The molecule has 1 fully saturated rings. The summed E-state index contributed by atoms with van der Waals surface area (Å²) < 4.78 is 0. The molecule has 1 rings (SSSR count). The van der Waals surface area contributed by atoms with Gasteiger partial charge in [-0.15, -0.1) is 0 Å². The number of carboxylic acids is 1. The zero-order chi connectivity index (χ0) is 15.0. The molecule has 5 heteroatoms. The first kappa shape index (κ1) is 16.8. The molecule has 20 heavy (non-hydrogen) atoms. The molecule has 0 spiro atoms. The van der Waals surface area contributed by atoms with Gasteiger partial charge in [0, 0.05) is 19.6 Å². The molecule has 0 aromatic rings. The number of rotatable bonds is 6. The van der Waals surface area contributed by atoms with E-state index in [0.717, 1.165) is 32.1 Å². The second-order valence-corrected chi connectivity index (χ2v) is 5.74. The van der Waals surface area contributed by atoms with Crippen LogP contribution in [0.1, 0.15) is 58.8 Å². The molecule has 1 aliphatic rings. The van der Waals surface area contributed by atoms with Gasteiger partial charge in [0.25, 0.3) is 0 Å². The Morgan fingerprint density at radius 2 is 1.75 bits per heavy atom. The summed E-state index contributed by atoms with van der Waals surface area (Å²) >= 11 is 0. The largest absolute Gasteiger partial charge is 0.481 e. The number of urea groups is 1. The molecule has 0 bridgehead atoms. The van der Waals surface area contributed by atoms with Crippen LogP contribution in [0.25, 0.3) is 0 Å². The number of aliphatic carboxylic acids is 1. The van der Waals surface area contributed by atoms with Crippen molar-refractivity contribution in [3.8, 4) is 0 Å². The molecule has 0 unspecified atom stereocenters. The maximum absolute atomic E-state index is 12.1. The smallest absolute Gasteiger partial charge is 0.317 e. The molecule has 0 aromatic heterocycles. The van der Waals surface area contributed by atoms with Crippen LogP contribution in [0.3, 0.4) is 0 Å². The Hall–Kier alpha value is -1.26.